The molecule has 1 unspecified atom stereocenters. The second kappa shape index (κ2) is 7.55. The molecule has 0 saturated heterocycles. The quantitative estimate of drug-likeness (QED) is 0.594. The molecule has 0 saturated carbocycles. The zero-order valence-corrected chi connectivity index (χ0v) is 17.4. The smallest absolute Gasteiger partial charge is 0.251 e. The zero-order chi connectivity index (χ0) is 20.6. The number of para-hydroxylation sites is 1. The molecule has 0 fully saturated rings. The molecular formula is C22H25N3O3S. The standard InChI is InChI=1S/C22H25N3O3S/c1-14(16-7-3-6-10-21(16)25-29(2,27)28)23-22(26)15-11-12-20-18(13-15)17-8-4-5-9-19(17)24-20/h3,6-7,10-14,24-25H,4-5,8-9H2,1-2H3,(H,23,26). The Kier molecular flexibility index (Phi) is 5.08. The molecule has 7 heteroatoms. The number of fused-ring (bicyclic) bond motifs is 3. The third kappa shape index (κ3) is 4.15. The first-order chi connectivity index (χ1) is 13.8. The molecule has 4 rings (SSSR count). The Labute approximate surface area is 170 Å². The van der Waals surface area contributed by atoms with Gasteiger partial charge in [-0.25, -0.2) is 8.42 Å². The predicted molar refractivity (Wildman–Crippen MR) is 116 cm³/mol. The van der Waals surface area contributed by atoms with Crippen LogP contribution in [0.25, 0.3) is 10.9 Å². The molecule has 2 aromatic carbocycles. The number of aromatic amines is 1. The van der Waals surface area contributed by atoms with Crippen molar-refractivity contribution >= 4 is 32.5 Å². The number of anilines is 1. The number of sulfonamides is 1. The Morgan fingerprint density at radius 3 is 2.66 bits per heavy atom. The first-order valence-electron chi connectivity index (χ1n) is 9.83. The fourth-order valence-electron chi connectivity index (χ4n) is 4.07. The molecule has 3 aromatic rings. The van der Waals surface area contributed by atoms with Gasteiger partial charge in [0.2, 0.25) is 10.0 Å². The van der Waals surface area contributed by atoms with Gasteiger partial charge < -0.3 is 10.3 Å². The second-order valence-corrected chi connectivity index (χ2v) is 9.45. The van der Waals surface area contributed by atoms with Crippen molar-refractivity contribution in [3.8, 4) is 0 Å². The number of amides is 1. The van der Waals surface area contributed by atoms with E-state index in [1.54, 1.807) is 12.1 Å². The van der Waals surface area contributed by atoms with Gasteiger partial charge in [0.25, 0.3) is 5.91 Å². The van der Waals surface area contributed by atoms with Crippen LogP contribution in [0.5, 0.6) is 0 Å². The summed E-state index contributed by atoms with van der Waals surface area (Å²) in [7, 11) is -3.41. The van der Waals surface area contributed by atoms with Crippen molar-refractivity contribution in [1.82, 2.24) is 10.3 Å². The van der Waals surface area contributed by atoms with Crippen molar-refractivity contribution in [1.29, 1.82) is 0 Å². The highest BCUT2D eigenvalue weighted by atomic mass is 32.2. The highest BCUT2D eigenvalue weighted by Gasteiger charge is 2.19. The Balaban J connectivity index is 1.58. The average Bonchev–Trinajstić information content (AvgIpc) is 3.05. The van der Waals surface area contributed by atoms with Crippen molar-refractivity contribution < 1.29 is 13.2 Å². The molecule has 0 aliphatic heterocycles. The van der Waals surface area contributed by atoms with Crippen LogP contribution in [-0.2, 0) is 22.9 Å². The molecule has 0 bridgehead atoms. The van der Waals surface area contributed by atoms with E-state index >= 15 is 0 Å². The van der Waals surface area contributed by atoms with E-state index < -0.39 is 10.0 Å². The Hall–Kier alpha value is -2.80. The number of aryl methyl sites for hydroxylation is 2. The summed E-state index contributed by atoms with van der Waals surface area (Å²) < 4.78 is 25.8. The van der Waals surface area contributed by atoms with Crippen molar-refractivity contribution in [2.24, 2.45) is 0 Å². The maximum Gasteiger partial charge on any atom is 0.251 e. The fourth-order valence-corrected chi connectivity index (χ4v) is 4.66. The molecule has 3 N–H and O–H groups in total. The zero-order valence-electron chi connectivity index (χ0n) is 16.6. The minimum absolute atomic E-state index is 0.181. The summed E-state index contributed by atoms with van der Waals surface area (Å²) in [6, 6.07) is 12.5. The normalized spacial score (nSPS) is 15.0. The molecule has 0 radical (unpaired) electrons. The van der Waals surface area contributed by atoms with Crippen molar-refractivity contribution in [2.75, 3.05) is 11.0 Å². The summed E-state index contributed by atoms with van der Waals surface area (Å²) in [6.45, 7) is 1.84. The van der Waals surface area contributed by atoms with Crippen LogP contribution in [0.4, 0.5) is 5.69 Å². The Morgan fingerprint density at radius 2 is 1.86 bits per heavy atom. The van der Waals surface area contributed by atoms with Gasteiger partial charge in [-0.15, -0.1) is 0 Å². The summed E-state index contributed by atoms with van der Waals surface area (Å²) in [5.74, 6) is -0.181. The SMILES string of the molecule is CC(NC(=O)c1ccc2[nH]c3c(c2c1)CCCC3)c1ccccc1NS(C)(=O)=O. The van der Waals surface area contributed by atoms with Crippen molar-refractivity contribution in [3.05, 3.63) is 64.8 Å². The summed E-state index contributed by atoms with van der Waals surface area (Å²) in [5.41, 5.74) is 5.48. The minimum Gasteiger partial charge on any atom is -0.358 e. The Bertz CT molecular complexity index is 1180. The van der Waals surface area contributed by atoms with E-state index in [4.69, 9.17) is 0 Å². The molecule has 152 valence electrons. The van der Waals surface area contributed by atoms with Crippen molar-refractivity contribution in [2.45, 2.75) is 38.6 Å². The second-order valence-electron chi connectivity index (χ2n) is 7.71. The van der Waals surface area contributed by atoms with E-state index in [1.807, 2.05) is 37.3 Å². The topological polar surface area (TPSA) is 91.1 Å². The van der Waals surface area contributed by atoms with Crippen molar-refractivity contribution in [3.63, 3.8) is 0 Å². The minimum atomic E-state index is -3.41. The fraction of sp³-hybridized carbons (Fsp3) is 0.318. The molecule has 1 aliphatic rings. The lowest BCUT2D eigenvalue weighted by Crippen LogP contribution is -2.27. The monoisotopic (exact) mass is 411 g/mol. The molecule has 1 atom stereocenters. The van der Waals surface area contributed by atoms with E-state index in [-0.39, 0.29) is 11.9 Å². The van der Waals surface area contributed by atoms with Gasteiger partial charge in [0, 0.05) is 22.2 Å². The molecule has 0 spiro atoms. The maximum absolute atomic E-state index is 12.9. The maximum atomic E-state index is 12.9. The number of rotatable bonds is 5. The lowest BCUT2D eigenvalue weighted by atomic mass is 9.95. The number of hydrogen-bond acceptors (Lipinski definition) is 3. The van der Waals surface area contributed by atoms with Crippen LogP contribution in [0.2, 0.25) is 0 Å². The lowest BCUT2D eigenvalue weighted by molar-refractivity contribution is 0.0940. The number of carbonyl (C=O) groups excluding carboxylic acids is 1. The van der Waals surface area contributed by atoms with E-state index in [9.17, 15) is 13.2 Å². The van der Waals surface area contributed by atoms with Gasteiger partial charge in [-0.05, 0) is 68.0 Å². The lowest BCUT2D eigenvalue weighted by Gasteiger charge is -2.18. The number of aromatic nitrogens is 1. The van der Waals surface area contributed by atoms with Crippen LogP contribution >= 0.6 is 0 Å². The molecule has 1 aromatic heterocycles. The first kappa shape index (κ1) is 19.5. The summed E-state index contributed by atoms with van der Waals surface area (Å²) >= 11 is 0. The first-order valence-corrected chi connectivity index (χ1v) is 11.7. The van der Waals surface area contributed by atoms with E-state index in [0.29, 0.717) is 16.8 Å². The van der Waals surface area contributed by atoms with E-state index in [1.165, 1.54) is 24.1 Å². The number of nitrogens with one attached hydrogen (secondary N) is 3. The van der Waals surface area contributed by atoms with Crippen LogP contribution in [0.3, 0.4) is 0 Å². The van der Waals surface area contributed by atoms with Gasteiger partial charge in [0.05, 0.1) is 18.0 Å². The largest absolute Gasteiger partial charge is 0.358 e. The predicted octanol–water partition coefficient (Wildman–Crippen LogP) is 3.91. The highest BCUT2D eigenvalue weighted by molar-refractivity contribution is 7.92. The van der Waals surface area contributed by atoms with Crippen LogP contribution in [-0.4, -0.2) is 25.6 Å². The summed E-state index contributed by atoms with van der Waals surface area (Å²) in [5, 5.41) is 4.12. The summed E-state index contributed by atoms with van der Waals surface area (Å²) in [4.78, 5) is 16.4. The van der Waals surface area contributed by atoms with Gasteiger partial charge in [0.15, 0.2) is 0 Å². The van der Waals surface area contributed by atoms with Gasteiger partial charge in [-0.2, -0.15) is 0 Å². The van der Waals surface area contributed by atoms with E-state index in [2.05, 4.69) is 15.0 Å². The van der Waals surface area contributed by atoms with Crippen LogP contribution in [0.1, 0.15) is 53.0 Å². The third-order valence-corrected chi connectivity index (χ3v) is 6.02. The molecule has 1 aliphatic carbocycles. The number of benzene rings is 2. The molecular weight excluding hydrogens is 386 g/mol. The summed E-state index contributed by atoms with van der Waals surface area (Å²) in [6.07, 6.45) is 5.59. The third-order valence-electron chi connectivity index (χ3n) is 5.43. The average molecular weight is 412 g/mol. The number of H-pyrrole nitrogens is 1. The van der Waals surface area contributed by atoms with Gasteiger partial charge in [-0.1, -0.05) is 18.2 Å². The van der Waals surface area contributed by atoms with Gasteiger partial charge in [-0.3, -0.25) is 9.52 Å². The molecule has 6 nitrogen and oxygen atoms in total. The number of hydrogen-bond donors (Lipinski definition) is 3. The molecule has 1 heterocycles. The van der Waals surface area contributed by atoms with Gasteiger partial charge >= 0.3 is 0 Å². The molecule has 29 heavy (non-hydrogen) atoms. The number of carbonyl (C=O) groups is 1. The molecule has 1 amide bonds. The van der Waals surface area contributed by atoms with Gasteiger partial charge in [0.1, 0.15) is 0 Å². The highest BCUT2D eigenvalue weighted by Crippen LogP contribution is 2.30. The van der Waals surface area contributed by atoms with Crippen LogP contribution in [0, 0.1) is 0 Å². The van der Waals surface area contributed by atoms with Crippen LogP contribution < -0.4 is 10.0 Å². The Morgan fingerprint density at radius 1 is 1.10 bits per heavy atom. The van der Waals surface area contributed by atoms with Crippen LogP contribution in [0.15, 0.2) is 42.5 Å². The van der Waals surface area contributed by atoms with E-state index in [0.717, 1.165) is 30.0 Å².